The highest BCUT2D eigenvalue weighted by Gasteiger charge is 2.60. The third-order valence-corrected chi connectivity index (χ3v) is 8.91. The zero-order chi connectivity index (χ0) is 31.5. The molecule has 1 aromatic carbocycles. The van der Waals surface area contributed by atoms with Crippen LogP contribution in [0, 0.1) is 0 Å². The van der Waals surface area contributed by atoms with Gasteiger partial charge in [0, 0.05) is 4.91 Å². The van der Waals surface area contributed by atoms with Gasteiger partial charge in [-0.2, -0.15) is 14.4 Å². The number of nitrogens with zero attached hydrogens (tertiary/aromatic N) is 6. The summed E-state index contributed by atoms with van der Waals surface area (Å²) in [6, 6.07) is 6.88. The minimum absolute atomic E-state index is 0.148. The Morgan fingerprint density at radius 2 is 2.11 bits per heavy atom. The molecule has 2 aliphatic rings. The number of aromatic amines is 1. The van der Waals surface area contributed by atoms with E-state index < -0.39 is 56.5 Å². The Balaban J connectivity index is 1.39. The first kappa shape index (κ1) is 31.5. The number of imidazole rings is 1. The van der Waals surface area contributed by atoms with E-state index in [1.807, 2.05) is 0 Å². The summed E-state index contributed by atoms with van der Waals surface area (Å²) in [6.45, 7) is 0.503. The van der Waals surface area contributed by atoms with Gasteiger partial charge < -0.3 is 20.3 Å². The van der Waals surface area contributed by atoms with E-state index in [-0.39, 0.29) is 29.0 Å². The van der Waals surface area contributed by atoms with Crippen LogP contribution in [-0.2, 0) is 18.8 Å². The van der Waals surface area contributed by atoms with Crippen LogP contribution >= 0.6 is 8.09 Å². The molecule has 6 N–H and O–H groups in total. The van der Waals surface area contributed by atoms with Gasteiger partial charge in [0.15, 0.2) is 29.3 Å². The van der Waals surface area contributed by atoms with Crippen molar-refractivity contribution in [3.05, 3.63) is 57.5 Å². The Morgan fingerprint density at radius 3 is 2.82 bits per heavy atom. The van der Waals surface area contributed by atoms with E-state index in [0.717, 1.165) is 43.0 Å². The maximum atomic E-state index is 15.6. The second kappa shape index (κ2) is 13.0. The molecule has 44 heavy (non-hydrogen) atoms. The summed E-state index contributed by atoms with van der Waals surface area (Å²) in [6.07, 6.45) is -0.924. The summed E-state index contributed by atoms with van der Waals surface area (Å²) in [7, 11) is -4.29. The number of alkyl halides is 1. The van der Waals surface area contributed by atoms with E-state index in [4.69, 9.17) is 24.3 Å². The number of aliphatic hydroxyl groups is 1. The fraction of sp³-hybridized carbons (Fsp3) is 0.520. The summed E-state index contributed by atoms with van der Waals surface area (Å²) < 4.78 is 39.4. The highest BCUT2D eigenvalue weighted by Crippen LogP contribution is 2.55. The number of rotatable bonds is 11. The predicted octanol–water partition coefficient (Wildman–Crippen LogP) is 2.56. The molecule has 19 heteroatoms. The third-order valence-electron chi connectivity index (χ3n) is 7.26. The molecular formula is C25H32FN9O8P+. The standard InChI is InChI=1S/C25H31FN9O8P/c1-14(23(38)41-15-8-4-2-5-9-15)32-44(39,43-16-10-6-3-7-11-16)40-12-25(33-34-28)19(36)17(26)22(42-25)35-13-29-18-20(35)30-24(27)31-21(18)37/h3,6-7,10-11,13-15,17,19,22,32,36,39H,2,4-5,8-9,12H2,1H3,(H2-,27,30,31,37)/p+1/t14-,17+,19-,22+,25+,44?/m0/s1. The van der Waals surface area contributed by atoms with Gasteiger partial charge in [-0.1, -0.05) is 34.8 Å². The van der Waals surface area contributed by atoms with Crippen molar-refractivity contribution < 1.29 is 37.7 Å². The van der Waals surface area contributed by atoms with Crippen LogP contribution < -0.4 is 20.9 Å². The number of aliphatic hydroxyl groups excluding tert-OH is 1. The van der Waals surface area contributed by atoms with Crippen LogP contribution in [-0.4, -0.2) is 72.2 Å². The maximum Gasteiger partial charge on any atom is 0.544 e. The number of fused-ring (bicyclic) bond motifs is 1. The molecule has 3 heterocycles. The van der Waals surface area contributed by atoms with E-state index in [2.05, 4.69) is 30.1 Å². The van der Waals surface area contributed by atoms with Crippen molar-refractivity contribution in [3.8, 4) is 5.75 Å². The van der Waals surface area contributed by atoms with Crippen LogP contribution in [0.5, 0.6) is 5.75 Å². The lowest BCUT2D eigenvalue weighted by Crippen LogP contribution is -2.46. The molecule has 0 amide bonds. The van der Waals surface area contributed by atoms with Gasteiger partial charge in [0.2, 0.25) is 11.7 Å². The van der Waals surface area contributed by atoms with E-state index in [1.165, 1.54) is 19.1 Å². The van der Waals surface area contributed by atoms with E-state index in [1.54, 1.807) is 18.2 Å². The third kappa shape index (κ3) is 6.61. The number of nitrogens with two attached hydrogens (primary N) is 1. The number of nitrogen functional groups attached to an aromatic ring is 1. The topological polar surface area (TPSA) is 245 Å². The summed E-state index contributed by atoms with van der Waals surface area (Å²) in [4.78, 5) is 49.5. The fourth-order valence-corrected chi connectivity index (χ4v) is 6.58. The number of azide groups is 1. The summed E-state index contributed by atoms with van der Waals surface area (Å²) in [5.74, 6) is -0.789. The lowest BCUT2D eigenvalue weighted by atomic mass is 9.98. The van der Waals surface area contributed by atoms with Crippen LogP contribution in [0.2, 0.25) is 0 Å². The Kier molecular flexibility index (Phi) is 9.31. The zero-order valence-corrected chi connectivity index (χ0v) is 24.4. The van der Waals surface area contributed by atoms with Crippen LogP contribution in [0.15, 0.2) is 46.6 Å². The molecule has 0 spiro atoms. The summed E-state index contributed by atoms with van der Waals surface area (Å²) in [5, 5.41) is 17.0. The Morgan fingerprint density at radius 1 is 1.39 bits per heavy atom. The second-order valence-electron chi connectivity index (χ2n) is 10.5. The molecule has 5 rings (SSSR count). The SMILES string of the molecule is C[C@H](N[P+](O)(OC[C@@]1(N=[N+]=[N-])O[C@@H](n2cnc3c(=O)[nH]c(N)nc32)[C@H](F)[C@@H]1O)Oc1ccccc1)C(=O)OC1CCCCC1. The van der Waals surface area contributed by atoms with Gasteiger partial charge in [-0.3, -0.25) is 23.7 Å². The minimum Gasteiger partial charge on any atom is -0.461 e. The van der Waals surface area contributed by atoms with Crippen molar-refractivity contribution >= 4 is 31.2 Å². The molecule has 236 valence electrons. The average molecular weight is 637 g/mol. The molecule has 6 atom stereocenters. The van der Waals surface area contributed by atoms with Gasteiger partial charge in [0.1, 0.15) is 24.9 Å². The molecule has 1 saturated carbocycles. The molecule has 2 fully saturated rings. The smallest absolute Gasteiger partial charge is 0.461 e. The van der Waals surface area contributed by atoms with Gasteiger partial charge in [-0.05, 0) is 50.3 Å². The lowest BCUT2D eigenvalue weighted by molar-refractivity contribution is -0.152. The number of H-pyrrole nitrogens is 1. The van der Waals surface area contributed by atoms with Gasteiger partial charge in [0.25, 0.3) is 5.56 Å². The first-order chi connectivity index (χ1) is 21.0. The quantitative estimate of drug-likeness (QED) is 0.0670. The molecule has 1 unspecified atom stereocenters. The molecule has 3 aromatic rings. The van der Waals surface area contributed by atoms with Crippen molar-refractivity contribution in [2.75, 3.05) is 12.3 Å². The van der Waals surface area contributed by atoms with Crippen molar-refractivity contribution in [2.45, 2.75) is 75.4 Å². The van der Waals surface area contributed by atoms with Crippen LogP contribution in [0.25, 0.3) is 21.6 Å². The predicted molar refractivity (Wildman–Crippen MR) is 153 cm³/mol. The Hall–Kier alpha value is -3.89. The van der Waals surface area contributed by atoms with E-state index in [0.29, 0.717) is 0 Å². The molecule has 1 aliphatic heterocycles. The van der Waals surface area contributed by atoms with Gasteiger partial charge in [0.05, 0.1) is 6.33 Å². The number of anilines is 1. The van der Waals surface area contributed by atoms with Crippen LogP contribution in [0.3, 0.4) is 0 Å². The Bertz CT molecular complexity index is 1580. The van der Waals surface area contributed by atoms with Crippen LogP contribution in [0.1, 0.15) is 45.3 Å². The number of benzene rings is 1. The number of nitrogens with one attached hydrogen (secondary N) is 2. The largest absolute Gasteiger partial charge is 0.544 e. The monoisotopic (exact) mass is 636 g/mol. The first-order valence-corrected chi connectivity index (χ1v) is 15.4. The number of halogens is 1. The Labute approximate surface area is 249 Å². The lowest BCUT2D eigenvalue weighted by Gasteiger charge is -2.28. The van der Waals surface area contributed by atoms with E-state index >= 15 is 4.39 Å². The van der Waals surface area contributed by atoms with Gasteiger partial charge in [-0.25, -0.2) is 9.37 Å². The molecular weight excluding hydrogens is 604 g/mol. The molecule has 1 aliphatic carbocycles. The number of aromatic nitrogens is 4. The fourth-order valence-electron chi connectivity index (χ4n) is 5.04. The van der Waals surface area contributed by atoms with Crippen molar-refractivity contribution in [3.63, 3.8) is 0 Å². The average Bonchev–Trinajstić information content (AvgIpc) is 3.52. The second-order valence-corrected chi connectivity index (χ2v) is 12.2. The van der Waals surface area contributed by atoms with Crippen molar-refractivity contribution in [2.24, 2.45) is 5.11 Å². The number of para-hydroxylation sites is 1. The molecule has 0 radical (unpaired) electrons. The number of carbonyl (C=O) groups excluding carboxylic acids is 1. The number of hydrogen-bond acceptors (Lipinski definition) is 13. The van der Waals surface area contributed by atoms with Gasteiger partial charge in [-0.15, -0.1) is 0 Å². The summed E-state index contributed by atoms with van der Waals surface area (Å²) in [5.41, 5.74) is 11.5. The van der Waals surface area contributed by atoms with Crippen molar-refractivity contribution in [1.82, 2.24) is 24.6 Å². The van der Waals surface area contributed by atoms with Crippen molar-refractivity contribution in [1.29, 1.82) is 0 Å². The maximum absolute atomic E-state index is 15.6. The highest BCUT2D eigenvalue weighted by molar-refractivity contribution is 7.59. The summed E-state index contributed by atoms with van der Waals surface area (Å²) >= 11 is 0. The van der Waals surface area contributed by atoms with Crippen LogP contribution in [0.4, 0.5) is 10.3 Å². The van der Waals surface area contributed by atoms with E-state index in [9.17, 15) is 25.1 Å². The number of carbonyl (C=O) groups is 1. The number of esters is 1. The highest BCUT2D eigenvalue weighted by atomic mass is 31.2. The zero-order valence-electron chi connectivity index (χ0n) is 23.5. The minimum atomic E-state index is -4.29. The first-order valence-electron chi connectivity index (χ1n) is 13.8. The molecule has 17 nitrogen and oxygen atoms in total. The molecule has 1 saturated heterocycles. The van der Waals surface area contributed by atoms with Gasteiger partial charge >= 0.3 is 14.1 Å². The molecule has 2 aromatic heterocycles. The normalized spacial score (nSPS) is 26.0. The number of hydrogen-bond donors (Lipinski definition) is 5. The molecule has 0 bridgehead atoms. The number of ether oxygens (including phenoxy) is 2.